The van der Waals surface area contributed by atoms with Gasteiger partial charge in [-0.3, -0.25) is 37.3 Å². The average Bonchev–Trinajstić information content (AvgIpc) is 2.53. The quantitative estimate of drug-likeness (QED) is 0.0222. The molecule has 0 spiro atoms. The molecular formula is C73H142O17P2. The third-order valence-electron chi connectivity index (χ3n) is 17.0. The van der Waals surface area contributed by atoms with Crippen LogP contribution >= 0.6 is 15.6 Å². The van der Waals surface area contributed by atoms with Gasteiger partial charge >= 0.3 is 39.5 Å². The van der Waals surface area contributed by atoms with Crippen molar-refractivity contribution in [2.45, 2.75) is 400 Å². The van der Waals surface area contributed by atoms with Crippen LogP contribution in [-0.4, -0.2) is 96.7 Å². The Bertz CT molecular complexity index is 1770. The Morgan fingerprint density at radius 2 is 0.500 bits per heavy atom. The monoisotopic (exact) mass is 1350 g/mol. The number of unbranched alkanes of at least 4 members (excludes halogenated alkanes) is 45. The van der Waals surface area contributed by atoms with E-state index in [4.69, 9.17) is 37.0 Å². The average molecular weight is 1350 g/mol. The second-order valence-corrected chi connectivity index (χ2v) is 29.7. The topological polar surface area (TPSA) is 237 Å². The van der Waals surface area contributed by atoms with Gasteiger partial charge < -0.3 is 33.8 Å². The molecular weight excluding hydrogens is 1210 g/mol. The number of hydrogen-bond acceptors (Lipinski definition) is 15. The molecule has 0 amide bonds. The number of ether oxygens (including phenoxy) is 4. The Balaban J connectivity index is 5.25. The summed E-state index contributed by atoms with van der Waals surface area (Å²) in [5.41, 5.74) is 0. The molecule has 0 aliphatic heterocycles. The lowest BCUT2D eigenvalue weighted by molar-refractivity contribution is -0.161. The molecule has 0 aromatic rings. The van der Waals surface area contributed by atoms with Crippen molar-refractivity contribution in [2.24, 2.45) is 5.92 Å². The number of carbonyl (C=O) groups is 4. The van der Waals surface area contributed by atoms with Gasteiger partial charge in [-0.05, 0) is 31.6 Å². The van der Waals surface area contributed by atoms with Crippen LogP contribution in [0.25, 0.3) is 0 Å². The van der Waals surface area contributed by atoms with Crippen LogP contribution in [0.15, 0.2) is 0 Å². The van der Waals surface area contributed by atoms with E-state index < -0.39 is 97.5 Å². The van der Waals surface area contributed by atoms with E-state index in [1.54, 1.807) is 0 Å². The van der Waals surface area contributed by atoms with Crippen molar-refractivity contribution in [3.05, 3.63) is 0 Å². The number of aliphatic hydroxyl groups is 1. The van der Waals surface area contributed by atoms with Crippen molar-refractivity contribution in [1.82, 2.24) is 0 Å². The Hall–Kier alpha value is -1.94. The predicted octanol–water partition coefficient (Wildman–Crippen LogP) is 21.3. The summed E-state index contributed by atoms with van der Waals surface area (Å²) in [7, 11) is -9.90. The number of carbonyl (C=O) groups excluding carboxylic acids is 4. The molecule has 92 heavy (non-hydrogen) atoms. The van der Waals surface area contributed by atoms with E-state index in [0.717, 1.165) is 95.8 Å². The molecule has 0 radical (unpaired) electrons. The highest BCUT2D eigenvalue weighted by Crippen LogP contribution is 2.45. The number of phosphoric acid groups is 2. The smallest absolute Gasteiger partial charge is 0.462 e. The van der Waals surface area contributed by atoms with Crippen LogP contribution in [-0.2, 0) is 65.4 Å². The fourth-order valence-electron chi connectivity index (χ4n) is 11.2. The standard InChI is InChI=1S/C73H142O17P2/c1-6-9-12-15-18-21-24-26-27-28-33-39-44-49-54-59-73(78)90-69(63-84-71(76)57-52-47-42-37-34-29-31-35-40-45-50-55-66(4)5)65-88-92(81,82)86-61-67(74)60-85-91(79,80)87-64-68(62-83-70(75)56-51-46-41-36-30-23-20-17-14-11-8-3)89-72(77)58-53-48-43-38-32-25-22-19-16-13-10-7-2/h66-69,74H,6-65H2,1-5H3,(H,79,80)(H,81,82)/t67-,68+,69+/m0/s1. The van der Waals surface area contributed by atoms with Gasteiger partial charge in [-0.2, -0.15) is 0 Å². The third-order valence-corrected chi connectivity index (χ3v) is 18.9. The van der Waals surface area contributed by atoms with Crippen molar-refractivity contribution in [3.8, 4) is 0 Å². The molecule has 2 unspecified atom stereocenters. The number of esters is 4. The van der Waals surface area contributed by atoms with Crippen LogP contribution in [0.3, 0.4) is 0 Å². The summed E-state index contributed by atoms with van der Waals surface area (Å²) in [6.45, 7) is 7.28. The Labute approximate surface area is 562 Å². The van der Waals surface area contributed by atoms with Gasteiger partial charge in [0.05, 0.1) is 26.4 Å². The van der Waals surface area contributed by atoms with E-state index in [0.29, 0.717) is 25.7 Å². The van der Waals surface area contributed by atoms with Gasteiger partial charge in [0, 0.05) is 25.7 Å². The zero-order valence-electron chi connectivity index (χ0n) is 59.7. The van der Waals surface area contributed by atoms with Crippen LogP contribution < -0.4 is 0 Å². The molecule has 19 heteroatoms. The lowest BCUT2D eigenvalue weighted by atomic mass is 10.0. The van der Waals surface area contributed by atoms with Gasteiger partial charge in [-0.1, -0.05) is 330 Å². The molecule has 0 aromatic carbocycles. The maximum atomic E-state index is 13.1. The summed E-state index contributed by atoms with van der Waals surface area (Å²) in [5, 5.41) is 10.6. The van der Waals surface area contributed by atoms with Crippen LogP contribution in [0.5, 0.6) is 0 Å². The van der Waals surface area contributed by atoms with Crippen molar-refractivity contribution in [2.75, 3.05) is 39.6 Å². The molecule has 0 fully saturated rings. The minimum atomic E-state index is -4.95. The van der Waals surface area contributed by atoms with Crippen molar-refractivity contribution in [3.63, 3.8) is 0 Å². The second-order valence-electron chi connectivity index (χ2n) is 26.8. The van der Waals surface area contributed by atoms with Crippen molar-refractivity contribution in [1.29, 1.82) is 0 Å². The van der Waals surface area contributed by atoms with E-state index >= 15 is 0 Å². The fourth-order valence-corrected chi connectivity index (χ4v) is 12.8. The van der Waals surface area contributed by atoms with Crippen LogP contribution in [0.1, 0.15) is 381 Å². The van der Waals surface area contributed by atoms with E-state index in [-0.39, 0.29) is 25.7 Å². The molecule has 0 saturated carbocycles. The molecule has 5 atom stereocenters. The van der Waals surface area contributed by atoms with E-state index in [1.165, 1.54) is 205 Å². The first kappa shape index (κ1) is 90.1. The van der Waals surface area contributed by atoms with E-state index in [1.807, 2.05) is 0 Å². The Morgan fingerprint density at radius 3 is 0.739 bits per heavy atom. The van der Waals surface area contributed by atoms with Gasteiger partial charge in [0.25, 0.3) is 0 Å². The van der Waals surface area contributed by atoms with Gasteiger partial charge in [-0.15, -0.1) is 0 Å². The minimum Gasteiger partial charge on any atom is -0.462 e. The summed E-state index contributed by atoms with van der Waals surface area (Å²) < 4.78 is 68.4. The lowest BCUT2D eigenvalue weighted by Crippen LogP contribution is -2.30. The molecule has 17 nitrogen and oxygen atoms in total. The van der Waals surface area contributed by atoms with Crippen LogP contribution in [0, 0.1) is 5.92 Å². The first-order valence-electron chi connectivity index (χ1n) is 38.1. The first-order chi connectivity index (χ1) is 44.5. The summed E-state index contributed by atoms with van der Waals surface area (Å²) in [6.07, 6.45) is 53.9. The number of rotatable bonds is 73. The molecule has 0 rings (SSSR count). The molecule has 546 valence electrons. The van der Waals surface area contributed by atoms with Crippen LogP contribution in [0.2, 0.25) is 0 Å². The number of aliphatic hydroxyl groups excluding tert-OH is 1. The van der Waals surface area contributed by atoms with E-state index in [9.17, 15) is 43.2 Å². The summed E-state index contributed by atoms with van der Waals surface area (Å²) >= 11 is 0. The molecule has 3 N–H and O–H groups in total. The molecule has 0 bridgehead atoms. The maximum Gasteiger partial charge on any atom is 0.472 e. The normalized spacial score (nSPS) is 14.0. The number of phosphoric ester groups is 2. The van der Waals surface area contributed by atoms with Gasteiger partial charge in [-0.25, -0.2) is 9.13 Å². The predicted molar refractivity (Wildman–Crippen MR) is 372 cm³/mol. The SMILES string of the molecule is CCCCCCCCCCCCCCCCCC(=O)O[C@H](COC(=O)CCCCCCCCCCCCCC(C)C)COP(=O)(O)OC[C@@H](O)COP(=O)(O)OC[C@@H](COC(=O)CCCCCCCCCCCCC)OC(=O)CCCCCCCCCCCCCC. The maximum absolute atomic E-state index is 13.1. The van der Waals surface area contributed by atoms with Gasteiger partial charge in [0.15, 0.2) is 12.2 Å². The molecule has 0 saturated heterocycles. The highest BCUT2D eigenvalue weighted by molar-refractivity contribution is 7.47. The summed E-state index contributed by atoms with van der Waals surface area (Å²) in [6, 6.07) is 0. The highest BCUT2D eigenvalue weighted by atomic mass is 31.2. The van der Waals surface area contributed by atoms with Crippen molar-refractivity contribution >= 4 is 39.5 Å². The van der Waals surface area contributed by atoms with Gasteiger partial charge in [0.2, 0.25) is 0 Å². The Morgan fingerprint density at radius 1 is 0.293 bits per heavy atom. The molecule has 0 heterocycles. The summed E-state index contributed by atoms with van der Waals surface area (Å²) in [4.78, 5) is 72.7. The zero-order chi connectivity index (χ0) is 67.7. The van der Waals surface area contributed by atoms with Gasteiger partial charge in [0.1, 0.15) is 19.3 Å². The minimum absolute atomic E-state index is 0.108. The molecule has 0 aliphatic rings. The van der Waals surface area contributed by atoms with Crippen molar-refractivity contribution < 1.29 is 80.2 Å². The third kappa shape index (κ3) is 66.7. The first-order valence-corrected chi connectivity index (χ1v) is 41.1. The lowest BCUT2D eigenvalue weighted by Gasteiger charge is -2.21. The number of hydrogen-bond donors (Lipinski definition) is 3. The fraction of sp³-hybridized carbons (Fsp3) is 0.945. The molecule has 0 aliphatic carbocycles. The zero-order valence-corrected chi connectivity index (χ0v) is 61.5. The van der Waals surface area contributed by atoms with E-state index in [2.05, 4.69) is 34.6 Å². The van der Waals surface area contributed by atoms with Crippen LogP contribution in [0.4, 0.5) is 0 Å². The Kier molecular flexibility index (Phi) is 64.9. The largest absolute Gasteiger partial charge is 0.472 e. The highest BCUT2D eigenvalue weighted by Gasteiger charge is 2.30. The summed E-state index contributed by atoms with van der Waals surface area (Å²) in [5.74, 6) is -1.34. The molecule has 0 aromatic heterocycles. The second kappa shape index (κ2) is 66.3.